The number of benzene rings is 2. The van der Waals surface area contributed by atoms with Crippen LogP contribution in [-0.4, -0.2) is 68.7 Å². The second-order valence-electron chi connectivity index (χ2n) is 8.67. The zero-order valence-electron chi connectivity index (χ0n) is 21.7. The Kier molecular flexibility index (Phi) is 12.2. The van der Waals surface area contributed by atoms with Crippen LogP contribution in [0.2, 0.25) is 0 Å². The predicted molar refractivity (Wildman–Crippen MR) is 138 cm³/mol. The number of methoxy groups -OCH3 is 2. The topological polar surface area (TPSA) is 112 Å². The number of halogens is 1. The summed E-state index contributed by atoms with van der Waals surface area (Å²) in [6, 6.07) is 7.79. The lowest BCUT2D eigenvalue weighted by Crippen LogP contribution is -2.14. The summed E-state index contributed by atoms with van der Waals surface area (Å²) in [6.07, 6.45) is 0.936. The van der Waals surface area contributed by atoms with Crippen molar-refractivity contribution in [1.82, 2.24) is 0 Å². The van der Waals surface area contributed by atoms with Gasteiger partial charge in [0.2, 0.25) is 0 Å². The Morgan fingerprint density at radius 2 is 1.62 bits per heavy atom. The van der Waals surface area contributed by atoms with Gasteiger partial charge in [-0.05, 0) is 40.8 Å². The summed E-state index contributed by atoms with van der Waals surface area (Å²) in [4.78, 5) is 22.7. The summed E-state index contributed by atoms with van der Waals surface area (Å²) in [5.74, 6) is -1.32. The van der Waals surface area contributed by atoms with E-state index < -0.39 is 30.1 Å². The van der Waals surface area contributed by atoms with Gasteiger partial charge < -0.3 is 29.2 Å². The molecule has 0 aromatic heterocycles. The van der Waals surface area contributed by atoms with Crippen LogP contribution in [0.4, 0.5) is 4.39 Å². The summed E-state index contributed by atoms with van der Waals surface area (Å²) in [6.45, 7) is 5.18. The van der Waals surface area contributed by atoms with E-state index in [2.05, 4.69) is 0 Å². The largest absolute Gasteiger partial charge is 0.487 e. The van der Waals surface area contributed by atoms with Crippen LogP contribution in [0.1, 0.15) is 43.7 Å². The molecule has 9 heteroatoms. The number of aliphatic carboxylic acids is 1. The van der Waals surface area contributed by atoms with E-state index in [0.29, 0.717) is 41.4 Å². The van der Waals surface area contributed by atoms with E-state index in [1.165, 1.54) is 18.2 Å². The first-order valence-electron chi connectivity index (χ1n) is 12.0. The molecule has 2 aromatic carbocycles. The molecule has 202 valence electrons. The van der Waals surface area contributed by atoms with E-state index in [0.717, 1.165) is 5.56 Å². The molecule has 1 unspecified atom stereocenters. The summed E-state index contributed by atoms with van der Waals surface area (Å²) >= 11 is 0. The lowest BCUT2D eigenvalue weighted by atomic mass is 9.88. The zero-order chi connectivity index (χ0) is 27.4. The Hall–Kier alpha value is -3.27. The Morgan fingerprint density at radius 3 is 2.19 bits per heavy atom. The summed E-state index contributed by atoms with van der Waals surface area (Å²) in [5, 5.41) is 19.2. The van der Waals surface area contributed by atoms with E-state index in [-0.39, 0.29) is 25.6 Å². The van der Waals surface area contributed by atoms with Crippen LogP contribution in [0.15, 0.2) is 36.4 Å². The number of carbonyl (C=O) groups is 2. The van der Waals surface area contributed by atoms with Crippen molar-refractivity contribution in [2.45, 2.75) is 38.7 Å². The van der Waals surface area contributed by atoms with Crippen LogP contribution in [0.3, 0.4) is 0 Å². The summed E-state index contributed by atoms with van der Waals surface area (Å²) < 4.78 is 36.2. The Balaban J connectivity index is 2.69. The Labute approximate surface area is 216 Å². The number of ether oxygens (including phenoxy) is 4. The standard InChI is InChI=1S/C28H35FO8/c1-18(2)24-17-25(36-13-11-34-3)28(37-14-12-35-4)27(19-5-7-20(29)8-6-19)23(24)10-9-21(30)15-22(31)16-26(32)33/h5-10,17-18,21,30H,11-16H2,1-4H3,(H,32,33)/b10-9+. The van der Waals surface area contributed by atoms with Crippen LogP contribution in [0.25, 0.3) is 17.2 Å². The maximum absolute atomic E-state index is 13.8. The minimum Gasteiger partial charge on any atom is -0.487 e. The lowest BCUT2D eigenvalue weighted by Gasteiger charge is -2.23. The van der Waals surface area contributed by atoms with Crippen molar-refractivity contribution in [2.75, 3.05) is 40.6 Å². The minimum atomic E-state index is -1.25. The number of hydrogen-bond acceptors (Lipinski definition) is 7. The number of carboxylic acid groups (broad SMARTS) is 1. The van der Waals surface area contributed by atoms with Crippen LogP contribution >= 0.6 is 0 Å². The molecule has 0 saturated carbocycles. The number of ketones is 1. The number of carbonyl (C=O) groups excluding carboxylic acids is 1. The van der Waals surface area contributed by atoms with Crippen LogP contribution < -0.4 is 9.47 Å². The molecule has 0 heterocycles. The molecule has 0 bridgehead atoms. The fraction of sp³-hybridized carbons (Fsp3) is 0.429. The molecule has 0 radical (unpaired) electrons. The molecule has 8 nitrogen and oxygen atoms in total. The third-order valence-electron chi connectivity index (χ3n) is 5.42. The number of aliphatic hydroxyl groups is 1. The molecule has 2 N–H and O–H groups in total. The maximum Gasteiger partial charge on any atom is 0.310 e. The first-order chi connectivity index (χ1) is 17.7. The van der Waals surface area contributed by atoms with Gasteiger partial charge in [0.1, 0.15) is 31.2 Å². The highest BCUT2D eigenvalue weighted by Gasteiger charge is 2.23. The first-order valence-corrected chi connectivity index (χ1v) is 12.0. The molecular weight excluding hydrogens is 483 g/mol. The molecule has 0 aliphatic rings. The van der Waals surface area contributed by atoms with Gasteiger partial charge in [0.15, 0.2) is 11.5 Å². The van der Waals surface area contributed by atoms with Crippen molar-refractivity contribution in [3.05, 3.63) is 53.4 Å². The SMILES string of the molecule is COCCOc1cc(C(C)C)c(/C=C/C(O)CC(=O)CC(=O)O)c(-c2ccc(F)cc2)c1OCCOC. The second kappa shape index (κ2) is 15.1. The molecule has 0 aliphatic heterocycles. The van der Waals surface area contributed by atoms with E-state index in [4.69, 9.17) is 24.1 Å². The van der Waals surface area contributed by atoms with E-state index >= 15 is 0 Å². The van der Waals surface area contributed by atoms with Crippen molar-refractivity contribution in [3.63, 3.8) is 0 Å². The van der Waals surface area contributed by atoms with Crippen molar-refractivity contribution in [1.29, 1.82) is 0 Å². The third-order valence-corrected chi connectivity index (χ3v) is 5.42. The number of Topliss-reactive ketones (excluding diaryl/α,β-unsaturated/α-hetero) is 1. The fourth-order valence-corrected chi connectivity index (χ4v) is 3.70. The molecular formula is C28H35FO8. The molecule has 2 aromatic rings. The van der Waals surface area contributed by atoms with Gasteiger partial charge in [-0.3, -0.25) is 9.59 Å². The highest BCUT2D eigenvalue weighted by atomic mass is 19.1. The first kappa shape index (κ1) is 30.0. The smallest absolute Gasteiger partial charge is 0.310 e. The minimum absolute atomic E-state index is 0.0161. The van der Waals surface area contributed by atoms with Gasteiger partial charge >= 0.3 is 5.97 Å². The van der Waals surface area contributed by atoms with Gasteiger partial charge in [0.25, 0.3) is 0 Å². The predicted octanol–water partition coefficient (Wildman–Crippen LogP) is 4.47. The molecule has 2 rings (SSSR count). The van der Waals surface area contributed by atoms with Gasteiger partial charge in [0.05, 0.1) is 19.3 Å². The highest BCUT2D eigenvalue weighted by molar-refractivity contribution is 5.95. The highest BCUT2D eigenvalue weighted by Crippen LogP contribution is 2.45. The monoisotopic (exact) mass is 518 g/mol. The van der Waals surface area contributed by atoms with E-state index in [1.807, 2.05) is 19.9 Å². The van der Waals surface area contributed by atoms with Crippen molar-refractivity contribution in [3.8, 4) is 22.6 Å². The van der Waals surface area contributed by atoms with Crippen molar-refractivity contribution in [2.24, 2.45) is 0 Å². The zero-order valence-corrected chi connectivity index (χ0v) is 21.7. The van der Waals surface area contributed by atoms with Crippen molar-refractivity contribution < 1.29 is 43.1 Å². The second-order valence-corrected chi connectivity index (χ2v) is 8.67. The van der Waals surface area contributed by atoms with Gasteiger partial charge in [-0.2, -0.15) is 0 Å². The number of rotatable bonds is 16. The fourth-order valence-electron chi connectivity index (χ4n) is 3.70. The normalized spacial score (nSPS) is 12.2. The van der Waals surface area contributed by atoms with Crippen molar-refractivity contribution >= 4 is 17.8 Å². The molecule has 0 amide bonds. The third kappa shape index (κ3) is 9.27. The number of hydrogen-bond donors (Lipinski definition) is 2. The van der Waals surface area contributed by atoms with E-state index in [1.54, 1.807) is 32.4 Å². The summed E-state index contributed by atoms with van der Waals surface area (Å²) in [5.41, 5.74) is 2.84. The Bertz CT molecular complexity index is 1060. The van der Waals surface area contributed by atoms with Gasteiger partial charge in [-0.25, -0.2) is 4.39 Å². The molecule has 0 aliphatic carbocycles. The quantitative estimate of drug-likeness (QED) is 0.247. The van der Waals surface area contributed by atoms with Crippen LogP contribution in [0, 0.1) is 5.82 Å². The van der Waals surface area contributed by atoms with Gasteiger partial charge in [-0.1, -0.05) is 38.1 Å². The summed E-state index contributed by atoms with van der Waals surface area (Å²) in [7, 11) is 3.13. The lowest BCUT2D eigenvalue weighted by molar-refractivity contribution is -0.140. The Morgan fingerprint density at radius 1 is 1.00 bits per heavy atom. The molecule has 37 heavy (non-hydrogen) atoms. The maximum atomic E-state index is 13.8. The average molecular weight is 519 g/mol. The van der Waals surface area contributed by atoms with Crippen LogP contribution in [-0.2, 0) is 19.1 Å². The van der Waals surface area contributed by atoms with Gasteiger partial charge in [0, 0.05) is 26.2 Å². The van der Waals surface area contributed by atoms with Gasteiger partial charge in [-0.15, -0.1) is 0 Å². The number of carboxylic acids is 1. The molecule has 0 spiro atoms. The molecule has 0 fully saturated rings. The van der Waals surface area contributed by atoms with Crippen LogP contribution in [0.5, 0.6) is 11.5 Å². The van der Waals surface area contributed by atoms with E-state index in [9.17, 15) is 19.1 Å². The average Bonchev–Trinajstić information content (AvgIpc) is 2.83. The number of aliphatic hydroxyl groups excluding tert-OH is 1. The molecule has 0 saturated heterocycles. The molecule has 1 atom stereocenters.